The van der Waals surface area contributed by atoms with Crippen molar-refractivity contribution in [2.75, 3.05) is 6.54 Å². The number of nitrogens with zero attached hydrogens (tertiary/aromatic N) is 2. The van der Waals surface area contributed by atoms with Crippen LogP contribution in [0.3, 0.4) is 0 Å². The summed E-state index contributed by atoms with van der Waals surface area (Å²) in [5.41, 5.74) is 6.34. The molecule has 0 fully saturated rings. The largest absolute Gasteiger partial charge is 0.456 e. The van der Waals surface area contributed by atoms with Crippen LogP contribution in [-0.2, 0) is 9.53 Å². The average Bonchev–Trinajstić information content (AvgIpc) is 2.38. The second kappa shape index (κ2) is 7.84. The maximum atomic E-state index is 11.9. The van der Waals surface area contributed by atoms with Gasteiger partial charge in [-0.15, -0.1) is 0 Å². The minimum atomic E-state index is -0.376. The number of aromatic nitrogens is 2. The lowest BCUT2D eigenvalue weighted by atomic mass is 9.94. The molecule has 0 saturated carbocycles. The number of hydrogen-bond acceptors (Lipinski definition) is 5. The number of carbonyl (C=O) groups excluding carboxylic acids is 1. The van der Waals surface area contributed by atoms with E-state index in [2.05, 4.69) is 23.8 Å². The highest BCUT2D eigenvalue weighted by Gasteiger charge is 2.18. The van der Waals surface area contributed by atoms with E-state index in [1.807, 2.05) is 0 Å². The Bertz CT molecular complexity index is 382. The third-order valence-corrected chi connectivity index (χ3v) is 2.90. The molecule has 0 aromatic carbocycles. The molecule has 0 aliphatic rings. The van der Waals surface area contributed by atoms with Crippen LogP contribution in [0.1, 0.15) is 45.4 Å². The molecule has 0 bridgehead atoms. The van der Waals surface area contributed by atoms with Crippen molar-refractivity contribution in [3.8, 4) is 0 Å². The topological polar surface area (TPSA) is 78.1 Å². The van der Waals surface area contributed by atoms with Crippen LogP contribution < -0.4 is 5.73 Å². The molecule has 0 radical (unpaired) electrons. The fourth-order valence-electron chi connectivity index (χ4n) is 1.99. The summed E-state index contributed by atoms with van der Waals surface area (Å²) in [4.78, 5) is 19.9. The lowest BCUT2D eigenvalue weighted by Gasteiger charge is -2.18. The first-order chi connectivity index (χ1) is 9.02. The molecule has 1 heterocycles. The number of nitrogens with two attached hydrogens (primary N) is 1. The average molecular weight is 265 g/mol. The van der Waals surface area contributed by atoms with Crippen LogP contribution >= 0.6 is 0 Å². The smallest absolute Gasteiger partial charge is 0.306 e. The van der Waals surface area contributed by atoms with E-state index < -0.39 is 0 Å². The summed E-state index contributed by atoms with van der Waals surface area (Å²) in [6.45, 7) is 6.54. The standard InChI is InChI=1S/C14H23N3O2/c1-10(2)6-12(8-15)7-14(18)19-11(3)13-9-16-4-5-17-13/h4-5,9-12H,6-8,15H2,1-3H3/t11-,12+/m1/s1. The Kier molecular flexibility index (Phi) is 6.42. The van der Waals surface area contributed by atoms with Gasteiger partial charge in [0.25, 0.3) is 0 Å². The molecule has 19 heavy (non-hydrogen) atoms. The zero-order valence-corrected chi connectivity index (χ0v) is 11.9. The van der Waals surface area contributed by atoms with E-state index in [-0.39, 0.29) is 18.0 Å². The highest BCUT2D eigenvalue weighted by Crippen LogP contribution is 2.18. The van der Waals surface area contributed by atoms with E-state index in [0.29, 0.717) is 24.6 Å². The van der Waals surface area contributed by atoms with E-state index in [1.54, 1.807) is 25.5 Å². The molecular weight excluding hydrogens is 242 g/mol. The number of ether oxygens (including phenoxy) is 1. The van der Waals surface area contributed by atoms with Crippen molar-refractivity contribution in [3.05, 3.63) is 24.3 Å². The molecular formula is C14H23N3O2. The molecule has 0 aliphatic carbocycles. The SMILES string of the molecule is CC(C)C[C@H](CN)CC(=O)O[C@H](C)c1cnccn1. The van der Waals surface area contributed by atoms with Crippen LogP contribution in [-0.4, -0.2) is 22.5 Å². The lowest BCUT2D eigenvalue weighted by Crippen LogP contribution is -2.22. The van der Waals surface area contributed by atoms with Crippen molar-refractivity contribution in [2.24, 2.45) is 17.6 Å². The highest BCUT2D eigenvalue weighted by atomic mass is 16.5. The molecule has 0 unspecified atom stereocenters. The van der Waals surface area contributed by atoms with Crippen LogP contribution in [0, 0.1) is 11.8 Å². The summed E-state index contributed by atoms with van der Waals surface area (Å²) < 4.78 is 5.35. The number of esters is 1. The Morgan fingerprint density at radius 2 is 2.11 bits per heavy atom. The van der Waals surface area contributed by atoms with E-state index in [0.717, 1.165) is 6.42 Å². The molecule has 2 N–H and O–H groups in total. The van der Waals surface area contributed by atoms with Gasteiger partial charge in [0.15, 0.2) is 0 Å². The quantitative estimate of drug-likeness (QED) is 0.764. The predicted octanol–water partition coefficient (Wildman–Crippen LogP) is 2.09. The van der Waals surface area contributed by atoms with Gasteiger partial charge in [-0.3, -0.25) is 14.8 Å². The Morgan fingerprint density at radius 3 is 2.63 bits per heavy atom. The van der Waals surface area contributed by atoms with Gasteiger partial charge in [-0.25, -0.2) is 0 Å². The van der Waals surface area contributed by atoms with Gasteiger partial charge in [0.1, 0.15) is 6.10 Å². The number of carbonyl (C=O) groups is 1. The molecule has 1 rings (SSSR count). The van der Waals surface area contributed by atoms with Gasteiger partial charge in [-0.2, -0.15) is 0 Å². The Morgan fingerprint density at radius 1 is 1.37 bits per heavy atom. The maximum absolute atomic E-state index is 11.9. The molecule has 0 spiro atoms. The molecule has 5 heteroatoms. The van der Waals surface area contributed by atoms with Gasteiger partial charge in [0, 0.05) is 18.8 Å². The Hall–Kier alpha value is -1.49. The van der Waals surface area contributed by atoms with Crippen molar-refractivity contribution >= 4 is 5.97 Å². The van der Waals surface area contributed by atoms with Crippen molar-refractivity contribution in [1.29, 1.82) is 0 Å². The van der Waals surface area contributed by atoms with Crippen LogP contribution in [0.25, 0.3) is 0 Å². The van der Waals surface area contributed by atoms with Gasteiger partial charge in [0.2, 0.25) is 0 Å². The minimum absolute atomic E-state index is 0.182. The van der Waals surface area contributed by atoms with Crippen molar-refractivity contribution in [3.63, 3.8) is 0 Å². The first-order valence-electron chi connectivity index (χ1n) is 6.68. The van der Waals surface area contributed by atoms with Crippen molar-refractivity contribution in [2.45, 2.75) is 39.7 Å². The molecule has 2 atom stereocenters. The second-order valence-electron chi connectivity index (χ2n) is 5.20. The lowest BCUT2D eigenvalue weighted by molar-refractivity contribution is -0.150. The Balaban J connectivity index is 2.46. The van der Waals surface area contributed by atoms with Crippen LogP contribution in [0.5, 0.6) is 0 Å². The van der Waals surface area contributed by atoms with Crippen LogP contribution in [0.4, 0.5) is 0 Å². The zero-order valence-electron chi connectivity index (χ0n) is 11.9. The minimum Gasteiger partial charge on any atom is -0.456 e. The second-order valence-corrected chi connectivity index (χ2v) is 5.20. The van der Waals surface area contributed by atoms with Gasteiger partial charge in [0.05, 0.1) is 11.9 Å². The first-order valence-corrected chi connectivity index (χ1v) is 6.68. The first kappa shape index (κ1) is 15.6. The summed E-state index contributed by atoms with van der Waals surface area (Å²) in [7, 11) is 0. The molecule has 5 nitrogen and oxygen atoms in total. The predicted molar refractivity (Wildman–Crippen MR) is 73.2 cm³/mol. The van der Waals surface area contributed by atoms with E-state index in [9.17, 15) is 4.79 Å². The molecule has 0 aliphatic heterocycles. The third-order valence-electron chi connectivity index (χ3n) is 2.90. The molecule has 0 amide bonds. The van der Waals surface area contributed by atoms with E-state index in [1.165, 1.54) is 0 Å². The summed E-state index contributed by atoms with van der Waals surface area (Å²) in [6, 6.07) is 0. The highest BCUT2D eigenvalue weighted by molar-refractivity contribution is 5.70. The molecule has 1 aromatic heterocycles. The summed E-state index contributed by atoms with van der Waals surface area (Å²) in [5.74, 6) is 0.481. The van der Waals surface area contributed by atoms with Gasteiger partial charge >= 0.3 is 5.97 Å². The van der Waals surface area contributed by atoms with Crippen LogP contribution in [0.15, 0.2) is 18.6 Å². The third kappa shape index (κ3) is 5.79. The van der Waals surface area contributed by atoms with Gasteiger partial charge in [-0.1, -0.05) is 13.8 Å². The Labute approximate surface area is 114 Å². The number of hydrogen-bond donors (Lipinski definition) is 1. The molecule has 106 valence electrons. The van der Waals surface area contributed by atoms with E-state index >= 15 is 0 Å². The maximum Gasteiger partial charge on any atom is 0.306 e. The fraction of sp³-hybridized carbons (Fsp3) is 0.643. The molecule has 1 aromatic rings. The van der Waals surface area contributed by atoms with Crippen molar-refractivity contribution in [1.82, 2.24) is 9.97 Å². The monoisotopic (exact) mass is 265 g/mol. The summed E-state index contributed by atoms with van der Waals surface area (Å²) >= 11 is 0. The van der Waals surface area contributed by atoms with Gasteiger partial charge < -0.3 is 10.5 Å². The van der Waals surface area contributed by atoms with Gasteiger partial charge in [-0.05, 0) is 31.7 Å². The zero-order chi connectivity index (χ0) is 14.3. The van der Waals surface area contributed by atoms with Crippen LogP contribution in [0.2, 0.25) is 0 Å². The number of rotatable bonds is 7. The fourth-order valence-corrected chi connectivity index (χ4v) is 1.99. The molecule has 0 saturated heterocycles. The summed E-state index contributed by atoms with van der Waals surface area (Å²) in [6.07, 6.45) is 5.70. The van der Waals surface area contributed by atoms with Crippen molar-refractivity contribution < 1.29 is 9.53 Å². The van der Waals surface area contributed by atoms with E-state index in [4.69, 9.17) is 10.5 Å². The normalized spacial score (nSPS) is 14.2. The summed E-state index contributed by atoms with van der Waals surface area (Å²) in [5, 5.41) is 0.